The smallest absolute Gasteiger partial charge is 0.132 e. The van der Waals surface area contributed by atoms with E-state index in [4.69, 9.17) is 28.2 Å². The molecule has 1 aliphatic heterocycles. The zero-order chi connectivity index (χ0) is 23.7. The number of halogens is 2. The number of fused-ring (bicyclic) bond motifs is 1. The Morgan fingerprint density at radius 1 is 0.941 bits per heavy atom. The number of hydrogen-bond acceptors (Lipinski definition) is 6. The molecule has 7 nitrogen and oxygen atoms in total. The van der Waals surface area contributed by atoms with E-state index in [2.05, 4.69) is 36.5 Å². The number of imidazole rings is 1. The van der Waals surface area contributed by atoms with Gasteiger partial charge in [0.2, 0.25) is 0 Å². The molecule has 3 aromatic heterocycles. The number of benzene rings is 1. The van der Waals surface area contributed by atoms with Gasteiger partial charge in [0.15, 0.2) is 0 Å². The van der Waals surface area contributed by atoms with Crippen molar-refractivity contribution in [3.8, 4) is 0 Å². The molecule has 1 fully saturated rings. The summed E-state index contributed by atoms with van der Waals surface area (Å²) in [5.74, 6) is 0.906. The maximum absolute atomic E-state index is 10.3. The van der Waals surface area contributed by atoms with E-state index in [0.717, 1.165) is 54.3 Å². The highest BCUT2D eigenvalue weighted by Crippen LogP contribution is 2.36. The first-order valence-corrected chi connectivity index (χ1v) is 12.1. The number of aliphatic hydroxyl groups excluding tert-OH is 1. The van der Waals surface area contributed by atoms with E-state index in [1.165, 1.54) is 0 Å². The van der Waals surface area contributed by atoms with Crippen LogP contribution in [0.4, 0.5) is 5.69 Å². The predicted octanol–water partition coefficient (Wildman–Crippen LogP) is 4.43. The number of pyridine rings is 2. The van der Waals surface area contributed by atoms with Gasteiger partial charge in [-0.2, -0.15) is 0 Å². The first-order chi connectivity index (χ1) is 16.5. The van der Waals surface area contributed by atoms with Crippen molar-refractivity contribution >= 4 is 39.9 Å². The second-order valence-corrected chi connectivity index (χ2v) is 9.40. The molecule has 2 atom stereocenters. The van der Waals surface area contributed by atoms with E-state index < -0.39 is 6.10 Å². The Morgan fingerprint density at radius 2 is 1.68 bits per heavy atom. The van der Waals surface area contributed by atoms with Crippen LogP contribution in [0, 0.1) is 0 Å². The molecule has 34 heavy (non-hydrogen) atoms. The summed E-state index contributed by atoms with van der Waals surface area (Å²) in [4.78, 5) is 18.1. The molecule has 1 N–H and O–H groups in total. The van der Waals surface area contributed by atoms with E-state index in [1.807, 2.05) is 30.5 Å². The second-order valence-electron chi connectivity index (χ2n) is 8.58. The number of para-hydroxylation sites is 2. The van der Waals surface area contributed by atoms with Crippen molar-refractivity contribution in [2.45, 2.75) is 25.6 Å². The summed E-state index contributed by atoms with van der Waals surface area (Å²) in [5.41, 5.74) is 3.83. The number of aliphatic hydroxyl groups is 1. The van der Waals surface area contributed by atoms with Crippen LogP contribution >= 0.6 is 23.2 Å². The maximum Gasteiger partial charge on any atom is 0.132 e. The fourth-order valence-electron chi connectivity index (χ4n) is 4.73. The first kappa shape index (κ1) is 23.1. The van der Waals surface area contributed by atoms with Crippen molar-refractivity contribution in [2.75, 3.05) is 31.1 Å². The van der Waals surface area contributed by atoms with Crippen molar-refractivity contribution < 1.29 is 5.11 Å². The Balaban J connectivity index is 1.52. The van der Waals surface area contributed by atoms with Crippen LogP contribution in [0.2, 0.25) is 10.0 Å². The predicted molar refractivity (Wildman–Crippen MR) is 136 cm³/mol. The zero-order valence-electron chi connectivity index (χ0n) is 18.9. The number of rotatable bonds is 6. The molecule has 0 amide bonds. The molecule has 0 aliphatic carbocycles. The minimum absolute atomic E-state index is 0.106. The molecular formula is C25H26Cl2N6O. The molecule has 0 saturated carbocycles. The minimum atomic E-state index is -0.501. The van der Waals surface area contributed by atoms with E-state index >= 15 is 0 Å². The van der Waals surface area contributed by atoms with Gasteiger partial charge in [0, 0.05) is 51.0 Å². The summed E-state index contributed by atoms with van der Waals surface area (Å²) in [6, 6.07) is 12.0. The van der Waals surface area contributed by atoms with E-state index in [1.54, 1.807) is 25.5 Å². The lowest BCUT2D eigenvalue weighted by Crippen LogP contribution is -2.48. The lowest BCUT2D eigenvalue weighted by Gasteiger charge is -2.40. The van der Waals surface area contributed by atoms with Gasteiger partial charge in [-0.3, -0.25) is 14.9 Å². The van der Waals surface area contributed by atoms with E-state index in [0.29, 0.717) is 16.6 Å². The molecule has 1 aromatic carbocycles. The molecule has 4 aromatic rings. The van der Waals surface area contributed by atoms with Crippen LogP contribution in [0.1, 0.15) is 24.4 Å². The lowest BCUT2D eigenvalue weighted by atomic mass is 10.0. The fourth-order valence-corrected chi connectivity index (χ4v) is 5.33. The molecule has 9 heteroatoms. The molecule has 176 valence electrons. The first-order valence-electron chi connectivity index (χ1n) is 11.3. The monoisotopic (exact) mass is 496 g/mol. The van der Waals surface area contributed by atoms with Gasteiger partial charge in [0.25, 0.3) is 0 Å². The molecule has 1 saturated heterocycles. The third-order valence-electron chi connectivity index (χ3n) is 6.20. The maximum atomic E-state index is 10.3. The Labute approximate surface area is 208 Å². The molecule has 2 unspecified atom stereocenters. The summed E-state index contributed by atoms with van der Waals surface area (Å²) in [7, 11) is 0. The van der Waals surface area contributed by atoms with Crippen molar-refractivity contribution in [1.29, 1.82) is 0 Å². The summed E-state index contributed by atoms with van der Waals surface area (Å²) in [6.07, 6.45) is 6.45. The van der Waals surface area contributed by atoms with Gasteiger partial charge in [0.05, 0.1) is 45.5 Å². The molecule has 0 bridgehead atoms. The van der Waals surface area contributed by atoms with Crippen LogP contribution in [0.5, 0.6) is 0 Å². The Hall–Kier alpha value is -2.71. The highest BCUT2D eigenvalue weighted by molar-refractivity contribution is 6.38. The third-order valence-corrected chi connectivity index (χ3v) is 6.75. The molecule has 0 radical (unpaired) electrons. The van der Waals surface area contributed by atoms with Crippen molar-refractivity contribution in [1.82, 2.24) is 24.4 Å². The number of hydrogen-bond donors (Lipinski definition) is 1. The van der Waals surface area contributed by atoms with Gasteiger partial charge in [0.1, 0.15) is 5.82 Å². The van der Waals surface area contributed by atoms with Crippen LogP contribution < -0.4 is 4.90 Å². The van der Waals surface area contributed by atoms with Crippen LogP contribution in [0.15, 0.2) is 61.2 Å². The largest absolute Gasteiger partial charge is 0.392 e. The van der Waals surface area contributed by atoms with Gasteiger partial charge < -0.3 is 14.6 Å². The number of piperazine rings is 1. The summed E-state index contributed by atoms with van der Waals surface area (Å²) in [5, 5.41) is 11.4. The quantitative estimate of drug-likeness (QED) is 0.425. The zero-order valence-corrected chi connectivity index (χ0v) is 20.4. The molecule has 0 spiro atoms. The standard InChI is InChI=1S/C25H26Cl2N6O/c1-17(34)16-33-22-7-3-2-6-21(22)30-25(33)23(18-5-4-8-28-13-18)31-9-11-32(12-10-31)24-19(26)14-29-15-20(24)27/h2-8,13-15,17,23,34H,9-12,16H2,1H3. The summed E-state index contributed by atoms with van der Waals surface area (Å²) >= 11 is 12.8. The molecule has 1 aliphatic rings. The lowest BCUT2D eigenvalue weighted by molar-refractivity contribution is 0.165. The SMILES string of the molecule is CC(O)Cn1c(C(c2cccnc2)N2CCN(c3c(Cl)cncc3Cl)CC2)nc2ccccc21. The van der Waals surface area contributed by atoms with Crippen molar-refractivity contribution in [3.05, 3.63) is 82.6 Å². The highest BCUT2D eigenvalue weighted by atomic mass is 35.5. The number of aromatic nitrogens is 4. The average molecular weight is 497 g/mol. The van der Waals surface area contributed by atoms with Crippen LogP contribution in [0.25, 0.3) is 11.0 Å². The Bertz CT molecular complexity index is 1250. The molecule has 5 rings (SSSR count). The van der Waals surface area contributed by atoms with Crippen LogP contribution in [0.3, 0.4) is 0 Å². The summed E-state index contributed by atoms with van der Waals surface area (Å²) in [6.45, 7) is 5.36. The van der Waals surface area contributed by atoms with Crippen molar-refractivity contribution in [3.63, 3.8) is 0 Å². The van der Waals surface area contributed by atoms with Gasteiger partial charge >= 0.3 is 0 Å². The average Bonchev–Trinajstić information content (AvgIpc) is 3.18. The minimum Gasteiger partial charge on any atom is -0.392 e. The van der Waals surface area contributed by atoms with Crippen LogP contribution in [-0.4, -0.2) is 61.8 Å². The molecule has 4 heterocycles. The van der Waals surface area contributed by atoms with Gasteiger partial charge in [-0.25, -0.2) is 4.98 Å². The normalized spacial score (nSPS) is 16.6. The number of nitrogens with zero attached hydrogens (tertiary/aromatic N) is 6. The van der Waals surface area contributed by atoms with Gasteiger partial charge in [-0.15, -0.1) is 0 Å². The van der Waals surface area contributed by atoms with E-state index in [9.17, 15) is 5.11 Å². The Kier molecular flexibility index (Phi) is 6.70. The summed E-state index contributed by atoms with van der Waals surface area (Å²) < 4.78 is 2.14. The molecular weight excluding hydrogens is 471 g/mol. The highest BCUT2D eigenvalue weighted by Gasteiger charge is 2.32. The topological polar surface area (TPSA) is 70.3 Å². The second kappa shape index (κ2) is 9.88. The van der Waals surface area contributed by atoms with Gasteiger partial charge in [-0.05, 0) is 30.7 Å². The van der Waals surface area contributed by atoms with E-state index in [-0.39, 0.29) is 6.04 Å². The third kappa shape index (κ3) is 4.49. The fraction of sp³-hybridized carbons (Fsp3) is 0.320. The number of anilines is 1. The Morgan fingerprint density at radius 3 is 2.35 bits per heavy atom. The van der Waals surface area contributed by atoms with Crippen LogP contribution in [-0.2, 0) is 6.54 Å². The van der Waals surface area contributed by atoms with Crippen molar-refractivity contribution in [2.24, 2.45) is 0 Å². The van der Waals surface area contributed by atoms with Gasteiger partial charge in [-0.1, -0.05) is 41.4 Å².